The Hall–Kier alpha value is -2.76. The molecule has 2 N–H and O–H groups in total. The summed E-state index contributed by atoms with van der Waals surface area (Å²) < 4.78 is 26.6. The minimum Gasteiger partial charge on any atom is -0.479 e. The molecule has 0 aliphatic rings. The summed E-state index contributed by atoms with van der Waals surface area (Å²) in [5, 5.41) is 11.3. The summed E-state index contributed by atoms with van der Waals surface area (Å²) >= 11 is 0. The van der Waals surface area contributed by atoms with Gasteiger partial charge in [-0.2, -0.15) is 0 Å². The number of halogens is 2. The highest BCUT2D eigenvalue weighted by Gasteiger charge is 2.24. The van der Waals surface area contributed by atoms with Crippen LogP contribution >= 0.6 is 0 Å². The zero-order chi connectivity index (χ0) is 15.4. The highest BCUT2D eigenvalue weighted by atomic mass is 19.1. The molecule has 21 heavy (non-hydrogen) atoms. The highest BCUT2D eigenvalue weighted by Crippen LogP contribution is 2.15. The molecule has 2 aromatic carbocycles. The standard InChI is InChI=1S/C15H11F2NO3/c16-10-6-7-12(17)11(8-10)14(19)18-13(15(20)21)9-4-2-1-3-5-9/h1-8,13H,(H,18,19)(H,20,21). The summed E-state index contributed by atoms with van der Waals surface area (Å²) in [6.45, 7) is 0. The summed E-state index contributed by atoms with van der Waals surface area (Å²) in [7, 11) is 0. The van der Waals surface area contributed by atoms with Crippen molar-refractivity contribution in [2.24, 2.45) is 0 Å². The van der Waals surface area contributed by atoms with Crippen LogP contribution in [0.15, 0.2) is 48.5 Å². The van der Waals surface area contributed by atoms with E-state index in [0.717, 1.165) is 12.1 Å². The number of carboxylic acid groups (broad SMARTS) is 1. The van der Waals surface area contributed by atoms with Gasteiger partial charge in [0.25, 0.3) is 5.91 Å². The van der Waals surface area contributed by atoms with Gasteiger partial charge in [-0.15, -0.1) is 0 Å². The number of nitrogens with one attached hydrogen (secondary N) is 1. The van der Waals surface area contributed by atoms with Crippen molar-refractivity contribution < 1.29 is 23.5 Å². The van der Waals surface area contributed by atoms with Gasteiger partial charge in [0, 0.05) is 0 Å². The van der Waals surface area contributed by atoms with Gasteiger partial charge in [-0.25, -0.2) is 13.6 Å². The molecule has 0 bridgehead atoms. The van der Waals surface area contributed by atoms with E-state index in [2.05, 4.69) is 5.32 Å². The average Bonchev–Trinajstić information content (AvgIpc) is 2.47. The fraction of sp³-hybridized carbons (Fsp3) is 0.0667. The van der Waals surface area contributed by atoms with Crippen molar-refractivity contribution in [3.05, 3.63) is 71.3 Å². The van der Waals surface area contributed by atoms with Crippen molar-refractivity contribution in [1.82, 2.24) is 5.32 Å². The number of rotatable bonds is 4. The second-order valence-electron chi connectivity index (χ2n) is 4.28. The van der Waals surface area contributed by atoms with E-state index in [4.69, 9.17) is 5.11 Å². The maximum Gasteiger partial charge on any atom is 0.330 e. The van der Waals surface area contributed by atoms with E-state index in [0.29, 0.717) is 11.6 Å². The number of amides is 1. The molecule has 108 valence electrons. The van der Waals surface area contributed by atoms with Crippen LogP contribution in [0, 0.1) is 11.6 Å². The Kier molecular flexibility index (Phi) is 4.27. The Bertz CT molecular complexity index is 674. The molecule has 0 spiro atoms. The summed E-state index contributed by atoms with van der Waals surface area (Å²) in [6.07, 6.45) is 0. The predicted molar refractivity (Wildman–Crippen MR) is 70.6 cm³/mol. The minimum absolute atomic E-state index is 0.329. The van der Waals surface area contributed by atoms with Gasteiger partial charge in [0.1, 0.15) is 11.6 Å². The maximum absolute atomic E-state index is 13.5. The molecule has 2 aromatic rings. The molecule has 1 unspecified atom stereocenters. The number of hydrogen-bond acceptors (Lipinski definition) is 2. The molecule has 1 amide bonds. The lowest BCUT2D eigenvalue weighted by Gasteiger charge is -2.15. The fourth-order valence-electron chi connectivity index (χ4n) is 1.81. The van der Waals surface area contributed by atoms with Crippen LogP contribution in [0.4, 0.5) is 8.78 Å². The predicted octanol–water partition coefficient (Wildman–Crippen LogP) is 2.52. The molecule has 1 atom stereocenters. The fourth-order valence-corrected chi connectivity index (χ4v) is 1.81. The van der Waals surface area contributed by atoms with Gasteiger partial charge >= 0.3 is 5.97 Å². The molecule has 0 radical (unpaired) electrons. The molecular weight excluding hydrogens is 280 g/mol. The van der Waals surface area contributed by atoms with Crippen LogP contribution in [0.3, 0.4) is 0 Å². The monoisotopic (exact) mass is 291 g/mol. The van der Waals surface area contributed by atoms with Crippen molar-refractivity contribution >= 4 is 11.9 Å². The molecular formula is C15H11F2NO3. The molecule has 0 aromatic heterocycles. The molecule has 0 aliphatic carbocycles. The van der Waals surface area contributed by atoms with Gasteiger partial charge in [-0.05, 0) is 23.8 Å². The number of carboxylic acids is 1. The number of carbonyl (C=O) groups is 2. The van der Waals surface area contributed by atoms with Crippen LogP contribution < -0.4 is 5.32 Å². The first-order valence-electron chi connectivity index (χ1n) is 6.02. The molecule has 6 heteroatoms. The number of carbonyl (C=O) groups excluding carboxylic acids is 1. The third kappa shape index (κ3) is 3.42. The van der Waals surface area contributed by atoms with E-state index in [1.807, 2.05) is 0 Å². The first-order chi connectivity index (χ1) is 9.99. The van der Waals surface area contributed by atoms with Crippen LogP contribution in [0.1, 0.15) is 22.0 Å². The van der Waals surface area contributed by atoms with Gasteiger partial charge < -0.3 is 10.4 Å². The lowest BCUT2D eigenvalue weighted by atomic mass is 10.1. The Labute approximate surface area is 119 Å². The largest absolute Gasteiger partial charge is 0.479 e. The Morgan fingerprint density at radius 2 is 1.71 bits per heavy atom. The van der Waals surface area contributed by atoms with E-state index in [1.165, 1.54) is 12.1 Å². The molecule has 0 saturated carbocycles. The van der Waals surface area contributed by atoms with E-state index in [-0.39, 0.29) is 0 Å². The minimum atomic E-state index is -1.35. The third-order valence-electron chi connectivity index (χ3n) is 2.83. The first-order valence-corrected chi connectivity index (χ1v) is 6.02. The molecule has 4 nitrogen and oxygen atoms in total. The number of aliphatic carboxylic acids is 1. The third-order valence-corrected chi connectivity index (χ3v) is 2.83. The SMILES string of the molecule is O=C(NC(C(=O)O)c1ccccc1)c1cc(F)ccc1F. The summed E-state index contributed by atoms with van der Waals surface area (Å²) in [5.41, 5.74) is -0.215. The molecule has 0 saturated heterocycles. The van der Waals surface area contributed by atoms with Crippen molar-refractivity contribution in [2.45, 2.75) is 6.04 Å². The van der Waals surface area contributed by atoms with Gasteiger partial charge in [-0.1, -0.05) is 30.3 Å². The summed E-state index contributed by atoms with van der Waals surface area (Å²) in [6, 6.07) is 9.00. The topological polar surface area (TPSA) is 66.4 Å². The lowest BCUT2D eigenvalue weighted by Crippen LogP contribution is -2.34. The van der Waals surface area contributed by atoms with Crippen LogP contribution in [0.5, 0.6) is 0 Å². The van der Waals surface area contributed by atoms with Crippen molar-refractivity contribution in [1.29, 1.82) is 0 Å². The smallest absolute Gasteiger partial charge is 0.330 e. The van der Waals surface area contributed by atoms with E-state index >= 15 is 0 Å². The second kappa shape index (κ2) is 6.13. The Morgan fingerprint density at radius 3 is 2.33 bits per heavy atom. The molecule has 0 fully saturated rings. The second-order valence-corrected chi connectivity index (χ2v) is 4.28. The van der Waals surface area contributed by atoms with Crippen LogP contribution in [0.2, 0.25) is 0 Å². The average molecular weight is 291 g/mol. The van der Waals surface area contributed by atoms with Crippen molar-refractivity contribution in [3.8, 4) is 0 Å². The van der Waals surface area contributed by atoms with Crippen LogP contribution in [0.25, 0.3) is 0 Å². The first kappa shape index (κ1) is 14.6. The van der Waals surface area contributed by atoms with E-state index in [9.17, 15) is 18.4 Å². The highest BCUT2D eigenvalue weighted by molar-refractivity contribution is 5.97. The summed E-state index contributed by atoms with van der Waals surface area (Å²) in [5.74, 6) is -4.01. The molecule has 2 rings (SSSR count). The Balaban J connectivity index is 2.27. The van der Waals surface area contributed by atoms with E-state index in [1.54, 1.807) is 18.2 Å². The van der Waals surface area contributed by atoms with Gasteiger partial charge in [-0.3, -0.25) is 4.79 Å². The van der Waals surface area contributed by atoms with Gasteiger partial charge in [0.05, 0.1) is 5.56 Å². The summed E-state index contributed by atoms with van der Waals surface area (Å²) in [4.78, 5) is 23.2. The molecule has 0 aliphatic heterocycles. The van der Waals surface area contributed by atoms with Crippen molar-refractivity contribution in [2.75, 3.05) is 0 Å². The normalized spacial score (nSPS) is 11.7. The lowest BCUT2D eigenvalue weighted by molar-refractivity contribution is -0.139. The maximum atomic E-state index is 13.5. The quantitative estimate of drug-likeness (QED) is 0.909. The van der Waals surface area contributed by atoms with Crippen LogP contribution in [-0.2, 0) is 4.79 Å². The zero-order valence-corrected chi connectivity index (χ0v) is 10.7. The van der Waals surface area contributed by atoms with Crippen LogP contribution in [-0.4, -0.2) is 17.0 Å². The van der Waals surface area contributed by atoms with E-state index < -0.39 is 35.1 Å². The Morgan fingerprint density at radius 1 is 1.05 bits per heavy atom. The van der Waals surface area contributed by atoms with Crippen molar-refractivity contribution in [3.63, 3.8) is 0 Å². The van der Waals surface area contributed by atoms with Gasteiger partial charge in [0.2, 0.25) is 0 Å². The number of hydrogen-bond donors (Lipinski definition) is 2. The van der Waals surface area contributed by atoms with Gasteiger partial charge in [0.15, 0.2) is 6.04 Å². The zero-order valence-electron chi connectivity index (χ0n) is 10.7. The molecule has 0 heterocycles. The number of benzene rings is 2.